The smallest absolute Gasteiger partial charge is 0.329 e. The molecule has 3 rings (SSSR count). The van der Waals surface area contributed by atoms with Gasteiger partial charge in [0.25, 0.3) is 11.5 Å². The molecule has 0 aromatic carbocycles. The average Bonchev–Trinajstić information content (AvgIpc) is 2.61. The normalized spacial score (nSPS) is 18.1. The van der Waals surface area contributed by atoms with Crippen molar-refractivity contribution in [1.29, 1.82) is 0 Å². The van der Waals surface area contributed by atoms with Crippen LogP contribution in [0.15, 0.2) is 21.9 Å². The molecule has 24 heavy (non-hydrogen) atoms. The van der Waals surface area contributed by atoms with E-state index in [2.05, 4.69) is 9.97 Å². The van der Waals surface area contributed by atoms with Crippen molar-refractivity contribution in [2.75, 3.05) is 19.7 Å². The highest BCUT2D eigenvalue weighted by Gasteiger charge is 2.24. The number of morpholine rings is 1. The number of nitrogens with zero attached hydrogens (tertiary/aromatic N) is 3. The molecule has 0 bridgehead atoms. The van der Waals surface area contributed by atoms with Gasteiger partial charge in [0, 0.05) is 25.8 Å². The summed E-state index contributed by atoms with van der Waals surface area (Å²) in [6.07, 6.45) is 2.29. The number of fused-ring (bicyclic) bond motifs is 1. The summed E-state index contributed by atoms with van der Waals surface area (Å²) < 4.78 is 6.94. The van der Waals surface area contributed by atoms with Gasteiger partial charge >= 0.3 is 5.69 Å². The fourth-order valence-electron chi connectivity index (χ4n) is 2.91. The first kappa shape index (κ1) is 16.4. The van der Waals surface area contributed by atoms with Gasteiger partial charge in [-0.2, -0.15) is 0 Å². The fourth-order valence-corrected chi connectivity index (χ4v) is 2.91. The van der Waals surface area contributed by atoms with Crippen molar-refractivity contribution in [3.63, 3.8) is 0 Å². The minimum atomic E-state index is -0.532. The van der Waals surface area contributed by atoms with Crippen molar-refractivity contribution in [2.24, 2.45) is 0 Å². The molecular formula is C16H20N4O4. The van der Waals surface area contributed by atoms with Crippen LogP contribution in [0.25, 0.3) is 11.0 Å². The van der Waals surface area contributed by atoms with Crippen LogP contribution in [-0.2, 0) is 11.3 Å². The van der Waals surface area contributed by atoms with Gasteiger partial charge in [-0.15, -0.1) is 0 Å². The molecule has 1 amide bonds. The molecule has 8 nitrogen and oxygen atoms in total. The quantitative estimate of drug-likeness (QED) is 0.875. The van der Waals surface area contributed by atoms with Gasteiger partial charge in [0.2, 0.25) is 0 Å². The Balaban J connectivity index is 2.00. The maximum absolute atomic E-state index is 12.7. The number of hydrogen-bond donors (Lipinski definition) is 1. The van der Waals surface area contributed by atoms with E-state index in [-0.39, 0.29) is 23.0 Å². The van der Waals surface area contributed by atoms with Gasteiger partial charge in [-0.05, 0) is 19.4 Å². The van der Waals surface area contributed by atoms with Crippen molar-refractivity contribution >= 4 is 16.9 Å². The summed E-state index contributed by atoms with van der Waals surface area (Å²) in [5, 5.41) is 0.239. The highest BCUT2D eigenvalue weighted by molar-refractivity contribution is 5.96. The highest BCUT2D eigenvalue weighted by atomic mass is 16.5. The van der Waals surface area contributed by atoms with Crippen LogP contribution in [-0.4, -0.2) is 51.1 Å². The van der Waals surface area contributed by atoms with Crippen LogP contribution < -0.4 is 11.2 Å². The number of nitrogens with one attached hydrogen (secondary N) is 1. The summed E-state index contributed by atoms with van der Waals surface area (Å²) in [6, 6.07) is 1.51. The molecule has 0 saturated carbocycles. The summed E-state index contributed by atoms with van der Waals surface area (Å²) >= 11 is 0. The number of aryl methyl sites for hydroxylation is 1. The van der Waals surface area contributed by atoms with Crippen molar-refractivity contribution in [3.8, 4) is 0 Å². The Morgan fingerprint density at radius 3 is 2.92 bits per heavy atom. The Bertz CT molecular complexity index is 886. The van der Waals surface area contributed by atoms with E-state index >= 15 is 0 Å². The molecule has 1 aliphatic rings. The van der Waals surface area contributed by atoms with Gasteiger partial charge < -0.3 is 9.64 Å². The van der Waals surface area contributed by atoms with Crippen molar-refractivity contribution in [1.82, 2.24) is 19.4 Å². The summed E-state index contributed by atoms with van der Waals surface area (Å²) in [4.78, 5) is 44.7. The zero-order valence-corrected chi connectivity index (χ0v) is 13.7. The molecule has 0 spiro atoms. The van der Waals surface area contributed by atoms with Crippen LogP contribution >= 0.6 is 0 Å². The van der Waals surface area contributed by atoms with E-state index in [0.717, 1.165) is 6.42 Å². The average molecular weight is 332 g/mol. The van der Waals surface area contributed by atoms with Gasteiger partial charge in [0.15, 0.2) is 0 Å². The van der Waals surface area contributed by atoms with Crippen LogP contribution in [0.4, 0.5) is 0 Å². The molecule has 1 fully saturated rings. The largest absolute Gasteiger partial charge is 0.375 e. The Morgan fingerprint density at radius 1 is 1.42 bits per heavy atom. The lowest BCUT2D eigenvalue weighted by atomic mass is 10.1. The Morgan fingerprint density at radius 2 is 2.21 bits per heavy atom. The Labute approximate surface area is 138 Å². The summed E-state index contributed by atoms with van der Waals surface area (Å²) in [7, 11) is 0. The van der Waals surface area contributed by atoms with E-state index in [1.54, 1.807) is 11.8 Å². The predicted octanol–water partition coefficient (Wildman–Crippen LogP) is 0.356. The van der Waals surface area contributed by atoms with Crippen LogP contribution in [0.3, 0.4) is 0 Å². The highest BCUT2D eigenvalue weighted by Crippen LogP contribution is 2.14. The number of amides is 1. The van der Waals surface area contributed by atoms with Crippen LogP contribution in [0.1, 0.15) is 30.6 Å². The second kappa shape index (κ2) is 6.56. The van der Waals surface area contributed by atoms with Gasteiger partial charge in [-0.3, -0.25) is 19.1 Å². The predicted molar refractivity (Wildman–Crippen MR) is 88.2 cm³/mol. The minimum absolute atomic E-state index is 0.0322. The molecule has 1 N–H and O–H groups in total. The van der Waals surface area contributed by atoms with Crippen molar-refractivity contribution in [3.05, 3.63) is 38.7 Å². The maximum atomic E-state index is 12.7. The molecule has 3 heterocycles. The van der Waals surface area contributed by atoms with E-state index in [1.165, 1.54) is 16.8 Å². The standard InChI is InChI=1S/C16H20N4O4/c1-3-11-9-19(5-6-24-11)15(22)10-7-12-13(17-8-10)20(4-2)16(23)18-14(12)21/h7-8,11H,3-6,9H2,1-2H3,(H,18,21,23). The van der Waals surface area contributed by atoms with Gasteiger partial charge in [0.1, 0.15) is 5.65 Å². The lowest BCUT2D eigenvalue weighted by Crippen LogP contribution is -2.45. The number of aromatic nitrogens is 3. The van der Waals surface area contributed by atoms with E-state index in [0.29, 0.717) is 31.8 Å². The van der Waals surface area contributed by atoms with Crippen LogP contribution in [0.5, 0.6) is 0 Å². The summed E-state index contributed by atoms with van der Waals surface area (Å²) in [5.74, 6) is -0.181. The third-order valence-corrected chi connectivity index (χ3v) is 4.28. The maximum Gasteiger partial charge on any atom is 0.329 e. The zero-order valence-electron chi connectivity index (χ0n) is 13.7. The number of aromatic amines is 1. The Hall–Kier alpha value is -2.48. The van der Waals surface area contributed by atoms with Crippen molar-refractivity contribution < 1.29 is 9.53 Å². The number of carbonyl (C=O) groups is 1. The van der Waals surface area contributed by atoms with Crippen LogP contribution in [0, 0.1) is 0 Å². The first-order valence-corrected chi connectivity index (χ1v) is 8.08. The molecule has 2 aromatic heterocycles. The number of ether oxygens (including phenoxy) is 1. The first-order chi connectivity index (χ1) is 11.5. The van der Waals surface area contributed by atoms with Gasteiger partial charge in [-0.25, -0.2) is 9.78 Å². The van der Waals surface area contributed by atoms with E-state index in [4.69, 9.17) is 4.74 Å². The Kier molecular flexibility index (Phi) is 4.48. The minimum Gasteiger partial charge on any atom is -0.375 e. The van der Waals surface area contributed by atoms with Crippen LogP contribution in [0.2, 0.25) is 0 Å². The monoisotopic (exact) mass is 332 g/mol. The molecule has 2 aromatic rings. The molecule has 1 aliphatic heterocycles. The molecule has 1 atom stereocenters. The fraction of sp³-hybridized carbons (Fsp3) is 0.500. The summed E-state index contributed by atoms with van der Waals surface area (Å²) in [6.45, 7) is 5.73. The molecule has 0 radical (unpaired) electrons. The molecular weight excluding hydrogens is 312 g/mol. The second-order valence-electron chi connectivity index (χ2n) is 5.75. The van der Waals surface area contributed by atoms with Gasteiger partial charge in [0.05, 0.1) is 23.7 Å². The molecule has 1 saturated heterocycles. The number of H-pyrrole nitrogens is 1. The molecule has 0 aliphatic carbocycles. The zero-order chi connectivity index (χ0) is 17.3. The molecule has 128 valence electrons. The number of pyridine rings is 1. The van der Waals surface area contributed by atoms with E-state index in [9.17, 15) is 14.4 Å². The number of carbonyl (C=O) groups excluding carboxylic acids is 1. The number of rotatable bonds is 3. The SMILES string of the molecule is CCC1CN(C(=O)c2cnc3c(c2)c(=O)[nH]c(=O)n3CC)CCO1. The van der Waals surface area contributed by atoms with E-state index in [1.807, 2.05) is 6.92 Å². The summed E-state index contributed by atoms with van der Waals surface area (Å²) in [5.41, 5.74) is -0.405. The third kappa shape index (κ3) is 2.84. The molecule has 8 heteroatoms. The first-order valence-electron chi connectivity index (χ1n) is 8.08. The second-order valence-corrected chi connectivity index (χ2v) is 5.75. The van der Waals surface area contributed by atoms with Crippen molar-refractivity contribution in [2.45, 2.75) is 32.9 Å². The van der Waals surface area contributed by atoms with Gasteiger partial charge in [-0.1, -0.05) is 6.92 Å². The lowest BCUT2D eigenvalue weighted by molar-refractivity contribution is -0.0226. The number of hydrogen-bond acceptors (Lipinski definition) is 5. The van der Waals surface area contributed by atoms with E-state index < -0.39 is 11.2 Å². The lowest BCUT2D eigenvalue weighted by Gasteiger charge is -2.32. The third-order valence-electron chi connectivity index (χ3n) is 4.28. The molecule has 1 unspecified atom stereocenters. The topological polar surface area (TPSA) is 97.3 Å².